The summed E-state index contributed by atoms with van der Waals surface area (Å²) in [6.45, 7) is 4.32. The molecule has 4 N–H and O–H groups in total. The minimum absolute atomic E-state index is 0.0243. The van der Waals surface area contributed by atoms with Crippen molar-refractivity contribution in [2.45, 2.75) is 70.5 Å². The van der Waals surface area contributed by atoms with Crippen molar-refractivity contribution in [2.24, 2.45) is 11.1 Å². The van der Waals surface area contributed by atoms with E-state index in [1.165, 1.54) is 4.90 Å². The van der Waals surface area contributed by atoms with Crippen LogP contribution in [0.25, 0.3) is 0 Å². The number of urea groups is 1. The van der Waals surface area contributed by atoms with Gasteiger partial charge in [0.2, 0.25) is 0 Å². The highest BCUT2D eigenvalue weighted by Crippen LogP contribution is 2.35. The SMILES string of the molecule is CC1(C)CCCN(C(=O)NC2CCCCC2N)C1C(=O)O. The molecule has 0 aromatic heterocycles. The van der Waals surface area contributed by atoms with Crippen LogP contribution in [0.4, 0.5) is 4.79 Å². The van der Waals surface area contributed by atoms with Gasteiger partial charge in [0.1, 0.15) is 6.04 Å². The van der Waals surface area contributed by atoms with Gasteiger partial charge in [-0.05, 0) is 31.1 Å². The van der Waals surface area contributed by atoms with Crippen molar-refractivity contribution < 1.29 is 14.7 Å². The van der Waals surface area contributed by atoms with E-state index in [0.717, 1.165) is 38.5 Å². The van der Waals surface area contributed by atoms with Gasteiger partial charge in [0.15, 0.2) is 0 Å². The van der Waals surface area contributed by atoms with Gasteiger partial charge in [0.25, 0.3) is 0 Å². The number of piperidine rings is 1. The van der Waals surface area contributed by atoms with Crippen LogP contribution in [0.2, 0.25) is 0 Å². The van der Waals surface area contributed by atoms with Crippen LogP contribution in [0.5, 0.6) is 0 Å². The Morgan fingerprint density at radius 1 is 1.24 bits per heavy atom. The summed E-state index contributed by atoms with van der Waals surface area (Å²) < 4.78 is 0. The second kappa shape index (κ2) is 6.22. The van der Waals surface area contributed by atoms with Gasteiger partial charge in [-0.25, -0.2) is 9.59 Å². The van der Waals surface area contributed by atoms with Gasteiger partial charge in [-0.15, -0.1) is 0 Å². The first-order valence-corrected chi connectivity index (χ1v) is 7.88. The maximum absolute atomic E-state index is 12.5. The number of hydrogen-bond donors (Lipinski definition) is 3. The summed E-state index contributed by atoms with van der Waals surface area (Å²) in [6.07, 6.45) is 5.60. The molecule has 1 aliphatic carbocycles. The highest BCUT2D eigenvalue weighted by atomic mass is 16.4. The molecule has 1 aliphatic heterocycles. The first-order chi connectivity index (χ1) is 9.83. The highest BCUT2D eigenvalue weighted by Gasteiger charge is 2.45. The number of likely N-dealkylation sites (tertiary alicyclic amines) is 1. The highest BCUT2D eigenvalue weighted by molar-refractivity contribution is 5.83. The van der Waals surface area contributed by atoms with Crippen LogP contribution in [0, 0.1) is 5.41 Å². The van der Waals surface area contributed by atoms with Gasteiger partial charge in [-0.2, -0.15) is 0 Å². The topological polar surface area (TPSA) is 95.7 Å². The molecule has 0 radical (unpaired) electrons. The van der Waals surface area contributed by atoms with E-state index in [-0.39, 0.29) is 18.1 Å². The van der Waals surface area contributed by atoms with Crippen molar-refractivity contribution in [1.29, 1.82) is 0 Å². The molecule has 120 valence electrons. The molecule has 0 bridgehead atoms. The maximum atomic E-state index is 12.5. The summed E-state index contributed by atoms with van der Waals surface area (Å²) in [6, 6.07) is -1.11. The number of carbonyl (C=O) groups is 2. The number of nitrogens with one attached hydrogen (secondary N) is 1. The zero-order valence-corrected chi connectivity index (χ0v) is 13.0. The van der Waals surface area contributed by atoms with Crippen molar-refractivity contribution in [3.63, 3.8) is 0 Å². The van der Waals surface area contributed by atoms with Crippen molar-refractivity contribution in [3.05, 3.63) is 0 Å². The third-order valence-electron chi connectivity index (χ3n) is 4.90. The monoisotopic (exact) mass is 297 g/mol. The number of carbonyl (C=O) groups excluding carboxylic acids is 1. The predicted molar refractivity (Wildman–Crippen MR) is 79.9 cm³/mol. The van der Waals surface area contributed by atoms with Crippen LogP contribution >= 0.6 is 0 Å². The van der Waals surface area contributed by atoms with Crippen LogP contribution in [-0.4, -0.2) is 46.7 Å². The Kier molecular flexibility index (Phi) is 4.76. The van der Waals surface area contributed by atoms with Gasteiger partial charge >= 0.3 is 12.0 Å². The van der Waals surface area contributed by atoms with Crippen LogP contribution in [0.1, 0.15) is 52.4 Å². The van der Waals surface area contributed by atoms with Gasteiger partial charge in [0.05, 0.1) is 0 Å². The lowest BCUT2D eigenvalue weighted by Gasteiger charge is -2.44. The van der Waals surface area contributed by atoms with E-state index in [4.69, 9.17) is 5.73 Å². The normalized spacial score (nSPS) is 32.5. The molecular formula is C15H27N3O3. The summed E-state index contributed by atoms with van der Waals surface area (Å²) in [5.74, 6) is -0.928. The Balaban J connectivity index is 2.07. The predicted octanol–water partition coefficient (Wildman–Crippen LogP) is 1.54. The minimum atomic E-state index is -0.928. The molecule has 0 aromatic carbocycles. The van der Waals surface area contributed by atoms with Crippen molar-refractivity contribution in [1.82, 2.24) is 10.2 Å². The fraction of sp³-hybridized carbons (Fsp3) is 0.867. The van der Waals surface area contributed by atoms with E-state index < -0.39 is 17.4 Å². The first kappa shape index (κ1) is 16.1. The molecule has 6 nitrogen and oxygen atoms in total. The zero-order chi connectivity index (χ0) is 15.6. The van der Waals surface area contributed by atoms with E-state index in [0.29, 0.717) is 6.54 Å². The summed E-state index contributed by atoms with van der Waals surface area (Å²) >= 11 is 0. The Morgan fingerprint density at radius 3 is 2.52 bits per heavy atom. The largest absolute Gasteiger partial charge is 0.480 e. The molecule has 1 heterocycles. The Hall–Kier alpha value is -1.30. The number of nitrogens with two attached hydrogens (primary N) is 1. The van der Waals surface area contributed by atoms with E-state index in [1.807, 2.05) is 13.8 Å². The lowest BCUT2D eigenvalue weighted by molar-refractivity contribution is -0.148. The average molecular weight is 297 g/mol. The van der Waals surface area contributed by atoms with Gasteiger partial charge in [-0.1, -0.05) is 26.7 Å². The molecule has 1 saturated carbocycles. The molecule has 2 aliphatic rings. The molecule has 1 saturated heterocycles. The molecule has 2 amide bonds. The number of nitrogens with zero attached hydrogens (tertiary/aromatic N) is 1. The minimum Gasteiger partial charge on any atom is -0.480 e. The third-order valence-corrected chi connectivity index (χ3v) is 4.90. The number of carboxylic acid groups (broad SMARTS) is 1. The van der Waals surface area contributed by atoms with Crippen LogP contribution in [0.15, 0.2) is 0 Å². The van der Waals surface area contributed by atoms with Crippen LogP contribution in [-0.2, 0) is 4.79 Å². The smallest absolute Gasteiger partial charge is 0.327 e. The Morgan fingerprint density at radius 2 is 1.90 bits per heavy atom. The van der Waals surface area contributed by atoms with E-state index >= 15 is 0 Å². The molecule has 21 heavy (non-hydrogen) atoms. The number of carboxylic acids is 1. The lowest BCUT2D eigenvalue weighted by atomic mass is 9.76. The van der Waals surface area contributed by atoms with Crippen LogP contribution < -0.4 is 11.1 Å². The number of rotatable bonds is 2. The Labute approximate surface area is 126 Å². The molecule has 2 rings (SSSR count). The summed E-state index contributed by atoms with van der Waals surface area (Å²) in [4.78, 5) is 25.6. The van der Waals surface area contributed by atoms with Crippen molar-refractivity contribution in [3.8, 4) is 0 Å². The van der Waals surface area contributed by atoms with Gasteiger partial charge in [0, 0.05) is 18.6 Å². The summed E-state index contributed by atoms with van der Waals surface area (Å²) in [5.41, 5.74) is 5.65. The first-order valence-electron chi connectivity index (χ1n) is 7.88. The third kappa shape index (κ3) is 3.48. The second-order valence-corrected chi connectivity index (χ2v) is 7.03. The average Bonchev–Trinajstić information content (AvgIpc) is 2.39. The van der Waals surface area contributed by atoms with E-state index in [1.54, 1.807) is 0 Å². The number of amides is 2. The maximum Gasteiger partial charge on any atom is 0.327 e. The van der Waals surface area contributed by atoms with Crippen molar-refractivity contribution >= 4 is 12.0 Å². The molecular weight excluding hydrogens is 270 g/mol. The summed E-state index contributed by atoms with van der Waals surface area (Å²) in [7, 11) is 0. The molecule has 0 aromatic rings. The molecule has 0 spiro atoms. The Bertz CT molecular complexity index is 411. The zero-order valence-electron chi connectivity index (χ0n) is 13.0. The van der Waals surface area contributed by atoms with Crippen LogP contribution in [0.3, 0.4) is 0 Å². The number of hydrogen-bond acceptors (Lipinski definition) is 3. The van der Waals surface area contributed by atoms with Gasteiger partial charge in [-0.3, -0.25) is 0 Å². The molecule has 3 atom stereocenters. The quantitative estimate of drug-likeness (QED) is 0.720. The van der Waals surface area contributed by atoms with Gasteiger partial charge < -0.3 is 21.1 Å². The molecule has 6 heteroatoms. The number of aliphatic carboxylic acids is 1. The second-order valence-electron chi connectivity index (χ2n) is 7.03. The van der Waals surface area contributed by atoms with Crippen molar-refractivity contribution in [2.75, 3.05) is 6.54 Å². The fourth-order valence-electron chi connectivity index (χ4n) is 3.66. The molecule has 3 unspecified atom stereocenters. The summed E-state index contributed by atoms with van der Waals surface area (Å²) in [5, 5.41) is 12.5. The fourth-order valence-corrected chi connectivity index (χ4v) is 3.66. The standard InChI is InChI=1S/C15H27N3O3/c1-15(2)8-5-9-18(12(15)13(19)20)14(21)17-11-7-4-3-6-10(11)16/h10-12H,3-9,16H2,1-2H3,(H,17,21)(H,19,20). The van der Waals surface area contributed by atoms with E-state index in [2.05, 4.69) is 5.32 Å². The molecule has 2 fully saturated rings. The van der Waals surface area contributed by atoms with E-state index in [9.17, 15) is 14.7 Å². The lowest BCUT2D eigenvalue weighted by Crippen LogP contribution is -2.61.